The first-order valence-electron chi connectivity index (χ1n) is 6.72. The van der Waals surface area contributed by atoms with Gasteiger partial charge in [0.15, 0.2) is 0 Å². The number of halogens is 2. The van der Waals surface area contributed by atoms with Gasteiger partial charge in [-0.3, -0.25) is 4.79 Å². The van der Waals surface area contributed by atoms with E-state index in [-0.39, 0.29) is 11.5 Å². The zero-order valence-corrected chi connectivity index (χ0v) is 12.9. The van der Waals surface area contributed by atoms with Crippen molar-refractivity contribution in [3.8, 4) is 0 Å². The number of benzene rings is 2. The van der Waals surface area contributed by atoms with Crippen LogP contribution in [0.2, 0.25) is 0 Å². The summed E-state index contributed by atoms with van der Waals surface area (Å²) < 4.78 is 14.4. The van der Waals surface area contributed by atoms with Crippen LogP contribution in [0.4, 0.5) is 15.8 Å². The molecular formula is C16H14BrFN2O. The van der Waals surface area contributed by atoms with Crippen molar-refractivity contribution in [2.24, 2.45) is 0 Å². The molecule has 3 rings (SSSR count). The molecule has 0 saturated heterocycles. The van der Waals surface area contributed by atoms with Crippen molar-refractivity contribution in [1.29, 1.82) is 0 Å². The van der Waals surface area contributed by atoms with Gasteiger partial charge in [-0.1, -0.05) is 6.07 Å². The number of anilines is 2. The lowest BCUT2D eigenvalue weighted by Crippen LogP contribution is -2.36. The third-order valence-electron chi connectivity index (χ3n) is 3.65. The molecule has 0 saturated carbocycles. The van der Waals surface area contributed by atoms with Crippen LogP contribution in [0.15, 0.2) is 40.9 Å². The van der Waals surface area contributed by atoms with E-state index >= 15 is 0 Å². The van der Waals surface area contributed by atoms with E-state index in [0.29, 0.717) is 16.7 Å². The van der Waals surface area contributed by atoms with Gasteiger partial charge in [-0.05, 0) is 64.7 Å². The highest BCUT2D eigenvalue weighted by Gasteiger charge is 2.26. The second-order valence-electron chi connectivity index (χ2n) is 5.05. The second kappa shape index (κ2) is 5.48. The van der Waals surface area contributed by atoms with E-state index in [4.69, 9.17) is 5.73 Å². The summed E-state index contributed by atoms with van der Waals surface area (Å²) >= 11 is 3.12. The number of carbonyl (C=O) groups is 1. The molecule has 1 heterocycles. The molecule has 0 bridgehead atoms. The SMILES string of the molecule is Nc1ccc2c(c1)CCCN2C(=O)c1cccc(Br)c1F. The molecule has 0 radical (unpaired) electrons. The third-order valence-corrected chi connectivity index (χ3v) is 4.26. The van der Waals surface area contributed by atoms with Gasteiger partial charge in [-0.15, -0.1) is 0 Å². The Bertz CT molecular complexity index is 717. The lowest BCUT2D eigenvalue weighted by molar-refractivity contribution is 0.0981. The smallest absolute Gasteiger partial charge is 0.261 e. The molecule has 5 heteroatoms. The number of carbonyl (C=O) groups excluding carboxylic acids is 1. The van der Waals surface area contributed by atoms with Crippen molar-refractivity contribution in [3.05, 3.63) is 57.8 Å². The van der Waals surface area contributed by atoms with Crippen molar-refractivity contribution in [2.75, 3.05) is 17.2 Å². The van der Waals surface area contributed by atoms with Gasteiger partial charge in [0.1, 0.15) is 5.82 Å². The molecule has 1 aliphatic rings. The Morgan fingerprint density at radius 1 is 1.29 bits per heavy atom. The molecule has 2 aromatic carbocycles. The topological polar surface area (TPSA) is 46.3 Å². The summed E-state index contributed by atoms with van der Waals surface area (Å²) in [5, 5.41) is 0. The largest absolute Gasteiger partial charge is 0.399 e. The molecule has 2 aromatic rings. The van der Waals surface area contributed by atoms with Crippen LogP contribution in [0.5, 0.6) is 0 Å². The molecule has 108 valence electrons. The first-order valence-corrected chi connectivity index (χ1v) is 7.51. The van der Waals surface area contributed by atoms with E-state index in [9.17, 15) is 9.18 Å². The molecule has 2 N–H and O–H groups in total. The van der Waals surface area contributed by atoms with Crippen LogP contribution in [0.25, 0.3) is 0 Å². The van der Waals surface area contributed by atoms with Crippen LogP contribution >= 0.6 is 15.9 Å². The van der Waals surface area contributed by atoms with Gasteiger partial charge < -0.3 is 10.6 Å². The van der Waals surface area contributed by atoms with Gasteiger partial charge in [0.05, 0.1) is 10.0 Å². The van der Waals surface area contributed by atoms with Crippen LogP contribution in [-0.4, -0.2) is 12.5 Å². The minimum Gasteiger partial charge on any atom is -0.399 e. The number of nitrogens with zero attached hydrogens (tertiary/aromatic N) is 1. The number of rotatable bonds is 1. The normalized spacial score (nSPS) is 13.9. The summed E-state index contributed by atoms with van der Waals surface area (Å²) in [7, 11) is 0. The minimum absolute atomic E-state index is 0.0778. The average molecular weight is 349 g/mol. The van der Waals surface area contributed by atoms with E-state index in [1.807, 2.05) is 12.1 Å². The number of nitrogen functional groups attached to an aromatic ring is 1. The fraction of sp³-hybridized carbons (Fsp3) is 0.188. The Morgan fingerprint density at radius 2 is 2.10 bits per heavy atom. The van der Waals surface area contributed by atoms with Gasteiger partial charge in [-0.2, -0.15) is 0 Å². The van der Waals surface area contributed by atoms with E-state index in [1.165, 1.54) is 6.07 Å². The van der Waals surface area contributed by atoms with E-state index in [1.54, 1.807) is 23.1 Å². The summed E-state index contributed by atoms with van der Waals surface area (Å²) in [6.45, 7) is 0.585. The zero-order chi connectivity index (χ0) is 15.0. The molecule has 21 heavy (non-hydrogen) atoms. The number of nitrogens with two attached hydrogens (primary N) is 1. The fourth-order valence-corrected chi connectivity index (χ4v) is 3.01. The highest BCUT2D eigenvalue weighted by Crippen LogP contribution is 2.31. The molecule has 1 aliphatic heterocycles. The van der Waals surface area contributed by atoms with Crippen molar-refractivity contribution in [1.82, 2.24) is 0 Å². The molecule has 1 amide bonds. The summed E-state index contributed by atoms with van der Waals surface area (Å²) in [4.78, 5) is 14.3. The van der Waals surface area contributed by atoms with Crippen molar-refractivity contribution >= 4 is 33.2 Å². The maximum Gasteiger partial charge on any atom is 0.261 e. The molecule has 0 atom stereocenters. The van der Waals surface area contributed by atoms with Crippen LogP contribution in [0.1, 0.15) is 22.3 Å². The lowest BCUT2D eigenvalue weighted by atomic mass is 10.00. The summed E-state index contributed by atoms with van der Waals surface area (Å²) in [6, 6.07) is 10.2. The summed E-state index contributed by atoms with van der Waals surface area (Å²) in [5.41, 5.74) is 8.40. The summed E-state index contributed by atoms with van der Waals surface area (Å²) in [5.74, 6) is -0.843. The van der Waals surface area contributed by atoms with Gasteiger partial charge in [0, 0.05) is 17.9 Å². The molecule has 0 fully saturated rings. The lowest BCUT2D eigenvalue weighted by Gasteiger charge is -2.30. The Kier molecular flexibility index (Phi) is 3.68. The highest BCUT2D eigenvalue weighted by atomic mass is 79.9. The predicted molar refractivity (Wildman–Crippen MR) is 85.0 cm³/mol. The Hall–Kier alpha value is -1.88. The van der Waals surface area contributed by atoms with Crippen LogP contribution in [-0.2, 0) is 6.42 Å². The second-order valence-corrected chi connectivity index (χ2v) is 5.90. The van der Waals surface area contributed by atoms with Crippen LogP contribution < -0.4 is 10.6 Å². The molecule has 0 aromatic heterocycles. The summed E-state index contributed by atoms with van der Waals surface area (Å²) in [6.07, 6.45) is 1.73. The molecule has 3 nitrogen and oxygen atoms in total. The van der Waals surface area contributed by atoms with Gasteiger partial charge in [0.25, 0.3) is 5.91 Å². The number of fused-ring (bicyclic) bond motifs is 1. The first-order chi connectivity index (χ1) is 10.1. The van der Waals surface area contributed by atoms with Crippen molar-refractivity contribution in [3.63, 3.8) is 0 Å². The van der Waals surface area contributed by atoms with Crippen molar-refractivity contribution < 1.29 is 9.18 Å². The third kappa shape index (κ3) is 2.53. The molecule has 0 unspecified atom stereocenters. The monoisotopic (exact) mass is 348 g/mol. The first kappa shape index (κ1) is 14.1. The Labute approximate surface area is 130 Å². The average Bonchev–Trinajstić information content (AvgIpc) is 2.48. The zero-order valence-electron chi connectivity index (χ0n) is 11.3. The van der Waals surface area contributed by atoms with E-state index in [2.05, 4.69) is 15.9 Å². The van der Waals surface area contributed by atoms with Gasteiger partial charge >= 0.3 is 0 Å². The Morgan fingerprint density at radius 3 is 2.90 bits per heavy atom. The molecule has 0 aliphatic carbocycles. The predicted octanol–water partition coefficient (Wildman–Crippen LogP) is 3.76. The molecular weight excluding hydrogens is 335 g/mol. The van der Waals surface area contributed by atoms with Gasteiger partial charge in [-0.25, -0.2) is 4.39 Å². The van der Waals surface area contributed by atoms with E-state index in [0.717, 1.165) is 24.1 Å². The van der Waals surface area contributed by atoms with Crippen LogP contribution in [0, 0.1) is 5.82 Å². The maximum atomic E-state index is 14.1. The van der Waals surface area contributed by atoms with Gasteiger partial charge in [0.2, 0.25) is 0 Å². The minimum atomic E-state index is -0.523. The molecule has 0 spiro atoms. The highest BCUT2D eigenvalue weighted by molar-refractivity contribution is 9.10. The van der Waals surface area contributed by atoms with Crippen LogP contribution in [0.3, 0.4) is 0 Å². The fourth-order valence-electron chi connectivity index (χ4n) is 2.64. The standard InChI is InChI=1S/C16H14BrFN2O/c17-13-5-1-4-12(15(13)18)16(21)20-8-2-3-10-9-11(19)6-7-14(10)20/h1,4-7,9H,2-3,8,19H2. The Balaban J connectivity index is 2.02. The van der Waals surface area contributed by atoms with E-state index < -0.39 is 5.82 Å². The number of aryl methyl sites for hydroxylation is 1. The maximum absolute atomic E-state index is 14.1. The number of hydrogen-bond donors (Lipinski definition) is 1. The number of amides is 1. The van der Waals surface area contributed by atoms with Crippen molar-refractivity contribution in [2.45, 2.75) is 12.8 Å². The quantitative estimate of drug-likeness (QED) is 0.797. The number of hydrogen-bond acceptors (Lipinski definition) is 2.